The minimum absolute atomic E-state index is 0.128. The van der Waals surface area contributed by atoms with Gasteiger partial charge in [0.1, 0.15) is 5.69 Å². The van der Waals surface area contributed by atoms with Gasteiger partial charge in [0.2, 0.25) is 0 Å². The van der Waals surface area contributed by atoms with Gasteiger partial charge < -0.3 is 0 Å². The molecule has 2 aliphatic heterocycles. The monoisotopic (exact) mass is 529 g/mol. The Morgan fingerprint density at radius 1 is 1.06 bits per heavy atom. The summed E-state index contributed by atoms with van der Waals surface area (Å²) in [6.45, 7) is 5.83. The highest BCUT2D eigenvalue weighted by Gasteiger charge is 2.50. The Morgan fingerprint density at radius 3 is 2.26 bits per heavy atom. The normalized spacial score (nSPS) is 27.6. The molecule has 0 unspecified atom stereocenters. The number of imidazole rings is 1. The minimum atomic E-state index is -3.87. The van der Waals surface area contributed by atoms with Crippen LogP contribution in [0.3, 0.4) is 0 Å². The Kier molecular flexibility index (Phi) is 5.62. The van der Waals surface area contributed by atoms with Crippen molar-refractivity contribution in [1.82, 2.24) is 9.55 Å². The Bertz CT molecular complexity index is 1390. The van der Waals surface area contributed by atoms with E-state index in [1.807, 2.05) is 20.8 Å². The van der Waals surface area contributed by atoms with Crippen molar-refractivity contribution in [2.24, 2.45) is 23.2 Å². The number of thioether (sulfide) groups is 1. The first-order chi connectivity index (χ1) is 16.6. The fourth-order valence-corrected chi connectivity index (χ4v) is 10.8. The molecule has 6 nitrogen and oxygen atoms in total. The van der Waals surface area contributed by atoms with E-state index in [1.165, 1.54) is 38.5 Å². The van der Waals surface area contributed by atoms with E-state index in [4.69, 9.17) is 0 Å². The first-order valence-corrected chi connectivity index (χ1v) is 15.7. The summed E-state index contributed by atoms with van der Waals surface area (Å²) in [5.41, 5.74) is 2.32. The highest BCUT2D eigenvalue weighted by molar-refractivity contribution is 8.01. The van der Waals surface area contributed by atoms with Crippen LogP contribution in [0.1, 0.15) is 54.7 Å². The molecular weight excluding hydrogens is 499 g/mol. The van der Waals surface area contributed by atoms with Gasteiger partial charge in [0, 0.05) is 16.3 Å². The molecule has 7 rings (SSSR count). The number of aromatic nitrogens is 2. The Hall–Kier alpha value is -1.84. The molecule has 186 valence electrons. The summed E-state index contributed by atoms with van der Waals surface area (Å²) < 4.78 is 31.5. The predicted molar refractivity (Wildman–Crippen MR) is 142 cm³/mol. The third kappa shape index (κ3) is 4.13. The number of sulfonamides is 1. The second-order valence-corrected chi connectivity index (χ2v) is 15.2. The summed E-state index contributed by atoms with van der Waals surface area (Å²) in [7, 11) is -3.87. The van der Waals surface area contributed by atoms with Crippen LogP contribution in [0, 0.1) is 43.9 Å². The molecule has 1 aromatic carbocycles. The maximum atomic E-state index is 13.2. The smallest absolute Gasteiger partial charge is 0.261 e. The number of benzene rings is 1. The molecule has 4 bridgehead atoms. The maximum Gasteiger partial charge on any atom is 0.354 e. The number of nitrogens with one attached hydrogen (secondary N) is 1. The van der Waals surface area contributed by atoms with Crippen molar-refractivity contribution in [1.29, 1.82) is 0 Å². The Morgan fingerprint density at radius 2 is 1.66 bits per heavy atom. The van der Waals surface area contributed by atoms with E-state index in [1.54, 1.807) is 51.9 Å². The zero-order chi connectivity index (χ0) is 24.5. The first-order valence-electron chi connectivity index (χ1n) is 12.4. The molecule has 0 aromatic heterocycles. The van der Waals surface area contributed by atoms with E-state index in [-0.39, 0.29) is 10.7 Å². The van der Waals surface area contributed by atoms with Crippen molar-refractivity contribution in [3.05, 3.63) is 50.9 Å². The van der Waals surface area contributed by atoms with Crippen LogP contribution in [-0.4, -0.2) is 23.7 Å². The predicted octanol–water partition coefficient (Wildman–Crippen LogP) is 5.77. The average molecular weight is 530 g/mol. The lowest BCUT2D eigenvalue weighted by Gasteiger charge is -2.56. The van der Waals surface area contributed by atoms with Gasteiger partial charge in [0.25, 0.3) is 10.0 Å². The molecule has 4 saturated carbocycles. The zero-order valence-corrected chi connectivity index (χ0v) is 22.8. The van der Waals surface area contributed by atoms with Crippen LogP contribution < -0.4 is 10.4 Å². The molecule has 4 aliphatic carbocycles. The number of nitrogens with zero attached hydrogens (tertiary/aromatic N) is 2. The quantitative estimate of drug-likeness (QED) is 0.410. The van der Waals surface area contributed by atoms with Gasteiger partial charge in [-0.3, -0.25) is 9.29 Å². The molecule has 4 fully saturated rings. The van der Waals surface area contributed by atoms with E-state index in [9.17, 15) is 13.2 Å². The molecular formula is C26H31N3O3S3. The zero-order valence-electron chi connectivity index (χ0n) is 20.3. The summed E-state index contributed by atoms with van der Waals surface area (Å²) >= 11 is 3.44. The van der Waals surface area contributed by atoms with Crippen molar-refractivity contribution in [3.8, 4) is 5.69 Å². The lowest BCUT2D eigenvalue weighted by molar-refractivity contribution is -0.0381. The number of fused-ring (bicyclic) bond motifs is 1. The van der Waals surface area contributed by atoms with Gasteiger partial charge in [-0.1, -0.05) is 17.7 Å². The van der Waals surface area contributed by atoms with E-state index in [2.05, 4.69) is 9.71 Å². The van der Waals surface area contributed by atoms with Gasteiger partial charge in [-0.25, -0.2) is 13.2 Å². The van der Waals surface area contributed by atoms with Gasteiger partial charge in [-0.15, -0.1) is 23.1 Å². The summed E-state index contributed by atoms with van der Waals surface area (Å²) in [6, 6.07) is 6.69. The average Bonchev–Trinajstić information content (AvgIpc) is 3.10. The van der Waals surface area contributed by atoms with Gasteiger partial charge in [0.15, 0.2) is 5.82 Å². The number of rotatable bonds is 6. The van der Waals surface area contributed by atoms with E-state index < -0.39 is 15.7 Å². The third-order valence-corrected chi connectivity index (χ3v) is 12.5. The van der Waals surface area contributed by atoms with Crippen LogP contribution in [0.2, 0.25) is 0 Å². The molecule has 1 aromatic rings. The molecule has 0 amide bonds. The van der Waals surface area contributed by atoms with Gasteiger partial charge in [-0.2, -0.15) is 4.98 Å². The summed E-state index contributed by atoms with van der Waals surface area (Å²) in [5.74, 6) is 3.79. The second kappa shape index (κ2) is 8.35. The molecule has 0 radical (unpaired) electrons. The third-order valence-electron chi connectivity index (χ3n) is 8.37. The number of hydrogen-bond acceptors (Lipinski definition) is 6. The molecule has 0 saturated heterocycles. The molecule has 35 heavy (non-hydrogen) atoms. The van der Waals surface area contributed by atoms with Gasteiger partial charge in [-0.05, 0) is 94.6 Å². The summed E-state index contributed by atoms with van der Waals surface area (Å²) in [5, 5.41) is 0. The lowest BCUT2D eigenvalue weighted by atomic mass is 9.50. The SMILES string of the molecule is Cc1ccc(S(=O)(=O)Nc2nc(=O)n3c(C)c(C)sc(SCC45CC6CC(CC(C6)C4)C5)c2-3)cc1. The Balaban J connectivity index is 1.35. The van der Waals surface area contributed by atoms with E-state index in [0.29, 0.717) is 11.1 Å². The molecule has 6 aliphatic rings. The molecule has 2 heterocycles. The number of aryl methyl sites for hydroxylation is 2. The van der Waals surface area contributed by atoms with Crippen molar-refractivity contribution in [2.45, 2.75) is 68.4 Å². The highest BCUT2D eigenvalue weighted by Crippen LogP contribution is 2.61. The molecule has 9 heteroatoms. The van der Waals surface area contributed by atoms with Crippen LogP contribution in [-0.2, 0) is 10.0 Å². The van der Waals surface area contributed by atoms with E-state index >= 15 is 0 Å². The molecule has 1 N–H and O–H groups in total. The van der Waals surface area contributed by atoms with Crippen molar-refractivity contribution >= 4 is 38.9 Å². The minimum Gasteiger partial charge on any atom is -0.261 e. The van der Waals surface area contributed by atoms with Crippen LogP contribution in [0.5, 0.6) is 0 Å². The van der Waals surface area contributed by atoms with Crippen LogP contribution in [0.25, 0.3) is 5.69 Å². The van der Waals surface area contributed by atoms with E-state index in [0.717, 1.165) is 43.9 Å². The fourth-order valence-electron chi connectivity index (χ4n) is 7.08. The first kappa shape index (κ1) is 23.6. The lowest BCUT2D eigenvalue weighted by Crippen LogP contribution is -2.47. The largest absolute Gasteiger partial charge is 0.354 e. The van der Waals surface area contributed by atoms with Crippen molar-refractivity contribution in [3.63, 3.8) is 0 Å². The van der Waals surface area contributed by atoms with Crippen LogP contribution in [0.15, 0.2) is 38.2 Å². The van der Waals surface area contributed by atoms with Gasteiger partial charge in [0.05, 0.1) is 9.10 Å². The fraction of sp³-hybridized carbons (Fsp3) is 0.538. The van der Waals surface area contributed by atoms with Crippen molar-refractivity contribution in [2.75, 3.05) is 10.5 Å². The maximum absolute atomic E-state index is 13.2. The molecule has 0 spiro atoms. The second-order valence-electron chi connectivity index (χ2n) is 11.1. The molecule has 0 atom stereocenters. The standard InChI is InChI=1S/C26H31N3O3S3/c1-15-4-6-21(7-5-15)35(31,32)28-23-22-24(34-17(3)16(2)29(22)25(30)27-23)33-14-26-11-18-8-19(12-26)10-20(9-18)13-26/h4-7,18-20H,8-14H2,1-3H3,(H,27,28,30). The Labute approximate surface area is 215 Å². The van der Waals surface area contributed by atoms with Gasteiger partial charge >= 0.3 is 5.69 Å². The summed E-state index contributed by atoms with van der Waals surface area (Å²) in [4.78, 5) is 18.3. The number of anilines is 1. The summed E-state index contributed by atoms with van der Waals surface area (Å²) in [6.07, 6.45) is 8.18. The highest BCUT2D eigenvalue weighted by atomic mass is 32.2. The topological polar surface area (TPSA) is 81.1 Å². The number of hydrogen-bond donors (Lipinski definition) is 1. The van der Waals surface area contributed by atoms with Crippen LogP contribution >= 0.6 is 23.1 Å². The van der Waals surface area contributed by atoms with Crippen molar-refractivity contribution < 1.29 is 8.42 Å². The van der Waals surface area contributed by atoms with Crippen LogP contribution in [0.4, 0.5) is 5.82 Å².